The van der Waals surface area contributed by atoms with E-state index in [1.54, 1.807) is 0 Å². The average molecular weight is 281 g/mol. The number of pyridine rings is 1. The Morgan fingerprint density at radius 3 is 2.68 bits per heavy atom. The van der Waals surface area contributed by atoms with Crippen LogP contribution >= 0.6 is 11.6 Å². The topological polar surface area (TPSA) is 24.9 Å². The Bertz CT molecular complexity index is 596. The molecule has 1 heterocycles. The van der Waals surface area contributed by atoms with Crippen LogP contribution in [0.5, 0.6) is 0 Å². The first-order valence-electron chi connectivity index (χ1n) is 6.56. The Kier molecular flexibility index (Phi) is 4.25. The molecule has 0 unspecified atom stereocenters. The largest absolute Gasteiger partial charge is 0.370 e. The van der Waals surface area contributed by atoms with E-state index in [2.05, 4.69) is 31.1 Å². The average Bonchev–Trinajstić information content (AvgIpc) is 2.34. The van der Waals surface area contributed by atoms with E-state index in [4.69, 9.17) is 11.6 Å². The van der Waals surface area contributed by atoms with Gasteiger partial charge in [0.2, 0.25) is 0 Å². The predicted octanol–water partition coefficient (Wildman–Crippen LogP) is 4.97. The third-order valence-corrected chi connectivity index (χ3v) is 3.36. The van der Waals surface area contributed by atoms with E-state index >= 15 is 0 Å². The van der Waals surface area contributed by atoms with Crippen molar-refractivity contribution in [3.8, 4) is 0 Å². The Hall–Kier alpha value is -1.35. The lowest BCUT2D eigenvalue weighted by Crippen LogP contribution is -2.06. The standard InChI is InChI=1S/C15H18ClFN2/c1-4-5-18-15-11(9(2)3)8-12-13(16)6-10(17)7-14(12)19-15/h6-9H,4-5H2,1-3H3,(H,18,19). The molecule has 0 bridgehead atoms. The van der Waals surface area contributed by atoms with Crippen molar-refractivity contribution in [2.24, 2.45) is 0 Å². The lowest BCUT2D eigenvalue weighted by Gasteiger charge is -2.15. The minimum absolute atomic E-state index is 0.331. The van der Waals surface area contributed by atoms with Gasteiger partial charge < -0.3 is 5.32 Å². The van der Waals surface area contributed by atoms with E-state index in [1.165, 1.54) is 12.1 Å². The Morgan fingerprint density at radius 1 is 1.32 bits per heavy atom. The Morgan fingerprint density at radius 2 is 2.05 bits per heavy atom. The van der Waals surface area contributed by atoms with E-state index in [-0.39, 0.29) is 5.82 Å². The normalized spacial score (nSPS) is 11.3. The van der Waals surface area contributed by atoms with Gasteiger partial charge in [0, 0.05) is 18.0 Å². The summed E-state index contributed by atoms with van der Waals surface area (Å²) in [5, 5.41) is 4.51. The van der Waals surface area contributed by atoms with Gasteiger partial charge in [0.1, 0.15) is 11.6 Å². The SMILES string of the molecule is CCCNc1nc2cc(F)cc(Cl)c2cc1C(C)C. The molecule has 2 rings (SSSR count). The summed E-state index contributed by atoms with van der Waals surface area (Å²) in [5.74, 6) is 0.798. The second kappa shape index (κ2) is 5.74. The van der Waals surface area contributed by atoms with Gasteiger partial charge in [-0.05, 0) is 30.0 Å². The second-order valence-electron chi connectivity index (χ2n) is 4.96. The molecule has 4 heteroatoms. The first-order valence-corrected chi connectivity index (χ1v) is 6.94. The maximum Gasteiger partial charge on any atom is 0.130 e. The fourth-order valence-electron chi connectivity index (χ4n) is 2.04. The minimum Gasteiger partial charge on any atom is -0.370 e. The number of hydrogen-bond acceptors (Lipinski definition) is 2. The molecule has 0 amide bonds. The van der Waals surface area contributed by atoms with Gasteiger partial charge in [0.25, 0.3) is 0 Å². The van der Waals surface area contributed by atoms with Crippen molar-refractivity contribution in [3.63, 3.8) is 0 Å². The molecule has 0 fully saturated rings. The number of fused-ring (bicyclic) bond motifs is 1. The van der Waals surface area contributed by atoms with Crippen LogP contribution in [0.25, 0.3) is 10.9 Å². The molecule has 19 heavy (non-hydrogen) atoms. The van der Waals surface area contributed by atoms with Crippen LogP contribution in [-0.2, 0) is 0 Å². The molecule has 1 aromatic carbocycles. The van der Waals surface area contributed by atoms with E-state index in [1.807, 2.05) is 6.07 Å². The molecule has 0 radical (unpaired) electrons. The number of anilines is 1. The van der Waals surface area contributed by atoms with Crippen molar-refractivity contribution in [2.45, 2.75) is 33.1 Å². The lowest BCUT2D eigenvalue weighted by molar-refractivity contribution is 0.629. The number of hydrogen-bond donors (Lipinski definition) is 1. The summed E-state index contributed by atoms with van der Waals surface area (Å²) in [6, 6.07) is 4.75. The van der Waals surface area contributed by atoms with Crippen molar-refractivity contribution in [1.29, 1.82) is 0 Å². The number of benzene rings is 1. The first-order chi connectivity index (χ1) is 9.02. The molecule has 0 atom stereocenters. The van der Waals surface area contributed by atoms with E-state index < -0.39 is 0 Å². The third kappa shape index (κ3) is 2.98. The van der Waals surface area contributed by atoms with Crippen molar-refractivity contribution in [2.75, 3.05) is 11.9 Å². The smallest absolute Gasteiger partial charge is 0.130 e. The van der Waals surface area contributed by atoms with E-state index in [0.29, 0.717) is 16.5 Å². The second-order valence-corrected chi connectivity index (χ2v) is 5.37. The fraction of sp³-hybridized carbons (Fsp3) is 0.400. The highest BCUT2D eigenvalue weighted by Crippen LogP contribution is 2.31. The van der Waals surface area contributed by atoms with Crippen LogP contribution in [0.1, 0.15) is 38.7 Å². The van der Waals surface area contributed by atoms with Gasteiger partial charge in [-0.1, -0.05) is 32.4 Å². The summed E-state index contributed by atoms with van der Waals surface area (Å²) < 4.78 is 13.4. The molecular formula is C15H18ClFN2. The van der Waals surface area contributed by atoms with Crippen LogP contribution < -0.4 is 5.32 Å². The number of nitrogens with one attached hydrogen (secondary N) is 1. The van der Waals surface area contributed by atoms with Crippen LogP contribution in [-0.4, -0.2) is 11.5 Å². The summed E-state index contributed by atoms with van der Waals surface area (Å²) >= 11 is 6.10. The summed E-state index contributed by atoms with van der Waals surface area (Å²) in [6.07, 6.45) is 1.02. The van der Waals surface area contributed by atoms with Gasteiger partial charge in [-0.25, -0.2) is 9.37 Å². The molecule has 0 spiro atoms. The van der Waals surface area contributed by atoms with Crippen LogP contribution in [0.2, 0.25) is 5.02 Å². The van der Waals surface area contributed by atoms with E-state index in [0.717, 1.165) is 29.7 Å². The maximum absolute atomic E-state index is 13.4. The molecule has 0 aliphatic heterocycles. The van der Waals surface area contributed by atoms with Crippen LogP contribution in [0.15, 0.2) is 18.2 Å². The Balaban J connectivity index is 2.62. The number of nitrogens with zero attached hydrogens (tertiary/aromatic N) is 1. The van der Waals surface area contributed by atoms with Gasteiger partial charge in [-0.15, -0.1) is 0 Å². The zero-order valence-electron chi connectivity index (χ0n) is 11.4. The monoisotopic (exact) mass is 280 g/mol. The molecule has 0 saturated heterocycles. The quantitative estimate of drug-likeness (QED) is 0.855. The molecule has 1 N–H and O–H groups in total. The summed E-state index contributed by atoms with van der Waals surface area (Å²) in [7, 11) is 0. The van der Waals surface area contributed by atoms with Gasteiger partial charge in [-0.3, -0.25) is 0 Å². The summed E-state index contributed by atoms with van der Waals surface area (Å²) in [6.45, 7) is 7.16. The lowest BCUT2D eigenvalue weighted by atomic mass is 10.0. The molecule has 0 aliphatic rings. The van der Waals surface area contributed by atoms with Gasteiger partial charge in [-0.2, -0.15) is 0 Å². The number of halogens is 2. The minimum atomic E-state index is -0.358. The number of rotatable bonds is 4. The first kappa shape index (κ1) is 14.1. The van der Waals surface area contributed by atoms with Crippen molar-refractivity contribution < 1.29 is 4.39 Å². The van der Waals surface area contributed by atoms with Crippen LogP contribution in [0.4, 0.5) is 10.2 Å². The highest BCUT2D eigenvalue weighted by Gasteiger charge is 2.12. The highest BCUT2D eigenvalue weighted by atomic mass is 35.5. The van der Waals surface area contributed by atoms with Crippen LogP contribution in [0, 0.1) is 5.82 Å². The van der Waals surface area contributed by atoms with Crippen molar-refractivity contribution >= 4 is 28.3 Å². The molecular weight excluding hydrogens is 263 g/mol. The van der Waals surface area contributed by atoms with Crippen molar-refractivity contribution in [1.82, 2.24) is 4.98 Å². The molecule has 2 aromatic rings. The number of aromatic nitrogens is 1. The fourth-order valence-corrected chi connectivity index (χ4v) is 2.30. The van der Waals surface area contributed by atoms with Gasteiger partial charge in [0.05, 0.1) is 10.5 Å². The zero-order valence-corrected chi connectivity index (χ0v) is 12.2. The van der Waals surface area contributed by atoms with Crippen LogP contribution in [0.3, 0.4) is 0 Å². The molecule has 0 aliphatic carbocycles. The predicted molar refractivity (Wildman–Crippen MR) is 79.6 cm³/mol. The molecule has 0 saturated carbocycles. The van der Waals surface area contributed by atoms with Crippen molar-refractivity contribution in [3.05, 3.63) is 34.6 Å². The molecule has 2 nitrogen and oxygen atoms in total. The maximum atomic E-state index is 13.4. The molecule has 102 valence electrons. The molecule has 1 aromatic heterocycles. The Labute approximate surface area is 118 Å². The summed E-state index contributed by atoms with van der Waals surface area (Å²) in [5.41, 5.74) is 1.70. The summed E-state index contributed by atoms with van der Waals surface area (Å²) in [4.78, 5) is 4.52. The zero-order chi connectivity index (χ0) is 14.0. The third-order valence-electron chi connectivity index (χ3n) is 3.04. The van der Waals surface area contributed by atoms with E-state index in [9.17, 15) is 4.39 Å². The van der Waals surface area contributed by atoms with Gasteiger partial charge >= 0.3 is 0 Å². The highest BCUT2D eigenvalue weighted by molar-refractivity contribution is 6.35. The van der Waals surface area contributed by atoms with Gasteiger partial charge in [0.15, 0.2) is 0 Å².